The van der Waals surface area contributed by atoms with Crippen LogP contribution in [0.5, 0.6) is 0 Å². The van der Waals surface area contributed by atoms with E-state index >= 15 is 0 Å². The molecule has 0 saturated heterocycles. The minimum atomic E-state index is -1.08. The second kappa shape index (κ2) is 5.37. The molecule has 0 saturated carbocycles. The molecule has 9 heavy (non-hydrogen) atoms. The smallest absolute Gasteiger partial charge is 0.303 e. The topological polar surface area (TPSA) is 74.6 Å². The van der Waals surface area contributed by atoms with E-state index in [0.717, 1.165) is 0 Å². The largest absolute Gasteiger partial charge is 0.481 e. The lowest BCUT2D eigenvalue weighted by Crippen LogP contribution is -2.00. The van der Waals surface area contributed by atoms with Crippen LogP contribution in [0, 0.1) is 0 Å². The summed E-state index contributed by atoms with van der Waals surface area (Å²) in [5, 5.41) is 15.8. The molecule has 0 fully saturated rings. The zero-order valence-electron chi connectivity index (χ0n) is 4.53. The molecule has 0 unspecified atom stereocenters. The van der Waals surface area contributed by atoms with Crippen LogP contribution < -0.4 is 0 Å². The molecule has 0 heterocycles. The molecule has 0 rings (SSSR count). The molecule has 0 aromatic heterocycles. The first-order chi connectivity index (χ1) is 3.63. The van der Waals surface area contributed by atoms with Gasteiger partial charge in [-0.05, 0) is 0 Å². The Morgan fingerprint density at radius 3 is 1.33 bits per heavy atom. The van der Waals surface area contributed by atoms with Gasteiger partial charge in [0, 0.05) is 0 Å². The molecule has 0 atom stereocenters. The molecule has 0 spiro atoms. The van der Waals surface area contributed by atoms with Crippen LogP contribution in [-0.2, 0) is 9.59 Å². The first kappa shape index (κ1) is 11.1. The van der Waals surface area contributed by atoms with Gasteiger partial charge < -0.3 is 10.2 Å². The van der Waals surface area contributed by atoms with Crippen LogP contribution in [0.2, 0.25) is 0 Å². The minimum absolute atomic E-state index is 0. The summed E-state index contributed by atoms with van der Waals surface area (Å²) < 4.78 is 0. The number of carboxylic acid groups (broad SMARTS) is 2. The first-order valence-corrected chi connectivity index (χ1v) is 2.06. The van der Waals surface area contributed by atoms with Crippen LogP contribution in [0.4, 0.5) is 0 Å². The van der Waals surface area contributed by atoms with Crippen LogP contribution in [0.1, 0.15) is 12.8 Å². The van der Waals surface area contributed by atoms with Crippen molar-refractivity contribution in [2.24, 2.45) is 0 Å². The van der Waals surface area contributed by atoms with Gasteiger partial charge in [-0.2, -0.15) is 0 Å². The van der Waals surface area contributed by atoms with E-state index in [1.807, 2.05) is 0 Å². The fourth-order valence-corrected chi connectivity index (χ4v) is 0.214. The number of carbonyl (C=O) groups is 2. The maximum Gasteiger partial charge on any atom is 0.303 e. The highest BCUT2D eigenvalue weighted by molar-refractivity contribution is 5.85. The lowest BCUT2D eigenvalue weighted by atomic mass is 10.3. The van der Waals surface area contributed by atoms with E-state index in [-0.39, 0.29) is 25.2 Å². The zero-order valence-corrected chi connectivity index (χ0v) is 5.35. The molecular weight excluding hydrogens is 147 g/mol. The second-order valence-electron chi connectivity index (χ2n) is 1.29. The summed E-state index contributed by atoms with van der Waals surface area (Å²) in [6.45, 7) is 0. The maximum absolute atomic E-state index is 9.64. The molecule has 0 aromatic rings. The quantitative estimate of drug-likeness (QED) is 0.616. The molecule has 5 heteroatoms. The molecule has 0 aliphatic rings. The standard InChI is InChI=1S/C4H6O4.ClH/c5-3(6)1-2-4(7)8;/h1-2H2,(H,5,6)(H,7,8);1H. The van der Waals surface area contributed by atoms with E-state index in [0.29, 0.717) is 0 Å². The number of hydrogen-bond donors (Lipinski definition) is 2. The SMILES string of the molecule is Cl.O=C(O)CCC(=O)O. The Morgan fingerprint density at radius 1 is 1.00 bits per heavy atom. The van der Waals surface area contributed by atoms with Crippen molar-refractivity contribution in [3.63, 3.8) is 0 Å². The molecule has 0 aliphatic carbocycles. The van der Waals surface area contributed by atoms with E-state index in [4.69, 9.17) is 10.2 Å². The van der Waals surface area contributed by atoms with Crippen LogP contribution in [0.15, 0.2) is 0 Å². The fourth-order valence-electron chi connectivity index (χ4n) is 0.214. The fraction of sp³-hybridized carbons (Fsp3) is 0.500. The lowest BCUT2D eigenvalue weighted by Gasteiger charge is -1.85. The van der Waals surface area contributed by atoms with Crippen molar-refractivity contribution in [2.45, 2.75) is 12.8 Å². The van der Waals surface area contributed by atoms with Crippen molar-refractivity contribution in [1.82, 2.24) is 0 Å². The maximum atomic E-state index is 9.64. The number of halogens is 1. The van der Waals surface area contributed by atoms with Gasteiger partial charge in [-0.3, -0.25) is 9.59 Å². The number of carboxylic acids is 2. The summed E-state index contributed by atoms with van der Waals surface area (Å²) >= 11 is 0. The zero-order chi connectivity index (χ0) is 6.57. The van der Waals surface area contributed by atoms with Crippen molar-refractivity contribution >= 4 is 24.3 Å². The third kappa shape index (κ3) is 11.1. The Morgan fingerprint density at radius 2 is 1.22 bits per heavy atom. The normalized spacial score (nSPS) is 7.56. The average molecular weight is 155 g/mol. The van der Waals surface area contributed by atoms with Crippen LogP contribution in [0.3, 0.4) is 0 Å². The van der Waals surface area contributed by atoms with Crippen molar-refractivity contribution in [1.29, 1.82) is 0 Å². The van der Waals surface area contributed by atoms with Gasteiger partial charge in [0.1, 0.15) is 0 Å². The van der Waals surface area contributed by atoms with Gasteiger partial charge in [-0.15, -0.1) is 12.4 Å². The summed E-state index contributed by atoms with van der Waals surface area (Å²) in [5.74, 6) is -2.15. The van der Waals surface area contributed by atoms with Gasteiger partial charge in [-0.25, -0.2) is 0 Å². The minimum Gasteiger partial charge on any atom is -0.481 e. The summed E-state index contributed by atoms with van der Waals surface area (Å²) in [5.41, 5.74) is 0. The van der Waals surface area contributed by atoms with E-state index < -0.39 is 11.9 Å². The van der Waals surface area contributed by atoms with Gasteiger partial charge in [0.05, 0.1) is 12.8 Å². The van der Waals surface area contributed by atoms with Gasteiger partial charge >= 0.3 is 11.9 Å². The first-order valence-electron chi connectivity index (χ1n) is 2.06. The summed E-state index contributed by atoms with van der Waals surface area (Å²) in [6.07, 6.45) is -0.593. The predicted molar refractivity (Wildman–Crippen MR) is 31.8 cm³/mol. The van der Waals surface area contributed by atoms with Gasteiger partial charge in [-0.1, -0.05) is 0 Å². The Labute approximate surface area is 57.9 Å². The summed E-state index contributed by atoms with van der Waals surface area (Å²) in [6, 6.07) is 0. The molecule has 2 N–H and O–H groups in total. The summed E-state index contributed by atoms with van der Waals surface area (Å²) in [7, 11) is 0. The van der Waals surface area contributed by atoms with E-state index in [2.05, 4.69) is 0 Å². The van der Waals surface area contributed by atoms with Crippen molar-refractivity contribution in [3.05, 3.63) is 0 Å². The van der Waals surface area contributed by atoms with Crippen LogP contribution >= 0.6 is 12.4 Å². The highest BCUT2D eigenvalue weighted by Gasteiger charge is 2.00. The Balaban J connectivity index is 0. The van der Waals surface area contributed by atoms with Gasteiger partial charge in [0.15, 0.2) is 0 Å². The molecule has 54 valence electrons. The third-order valence-electron chi connectivity index (χ3n) is 0.553. The molecule has 0 amide bonds. The molecule has 4 nitrogen and oxygen atoms in total. The van der Waals surface area contributed by atoms with Crippen molar-refractivity contribution in [3.8, 4) is 0 Å². The van der Waals surface area contributed by atoms with E-state index in [9.17, 15) is 9.59 Å². The van der Waals surface area contributed by atoms with Gasteiger partial charge in [0.2, 0.25) is 0 Å². The molecule has 0 aliphatic heterocycles. The third-order valence-corrected chi connectivity index (χ3v) is 0.553. The van der Waals surface area contributed by atoms with Crippen molar-refractivity contribution < 1.29 is 19.8 Å². The second-order valence-corrected chi connectivity index (χ2v) is 1.29. The van der Waals surface area contributed by atoms with E-state index in [1.165, 1.54) is 0 Å². The van der Waals surface area contributed by atoms with Crippen LogP contribution in [-0.4, -0.2) is 22.2 Å². The van der Waals surface area contributed by atoms with Gasteiger partial charge in [0.25, 0.3) is 0 Å². The highest BCUT2D eigenvalue weighted by atomic mass is 35.5. The molecular formula is C4H7ClO4. The molecule has 0 aromatic carbocycles. The Hall–Kier alpha value is -0.770. The lowest BCUT2D eigenvalue weighted by molar-refractivity contribution is -0.143. The van der Waals surface area contributed by atoms with E-state index in [1.54, 1.807) is 0 Å². The predicted octanol–water partition coefficient (Wildman–Crippen LogP) is 0.358. The Bertz CT molecular complexity index is 97.1. The highest BCUT2D eigenvalue weighted by Crippen LogP contribution is 1.85. The average Bonchev–Trinajstić information content (AvgIpc) is 1.61. The Kier molecular flexibility index (Phi) is 6.61. The number of rotatable bonds is 3. The van der Waals surface area contributed by atoms with Crippen LogP contribution in [0.25, 0.3) is 0 Å². The molecule has 0 bridgehead atoms. The summed E-state index contributed by atoms with van der Waals surface area (Å²) in [4.78, 5) is 19.3. The number of hydrogen-bond acceptors (Lipinski definition) is 2. The monoisotopic (exact) mass is 154 g/mol. The number of aliphatic carboxylic acids is 2. The van der Waals surface area contributed by atoms with Crippen molar-refractivity contribution in [2.75, 3.05) is 0 Å². The molecule has 0 radical (unpaired) electrons.